The molecule has 1 fully saturated rings. The maximum absolute atomic E-state index is 6.16. The van der Waals surface area contributed by atoms with Gasteiger partial charge >= 0.3 is 0 Å². The van der Waals surface area contributed by atoms with Crippen molar-refractivity contribution in [3.05, 3.63) is 35.4 Å². The van der Waals surface area contributed by atoms with Crippen LogP contribution in [-0.4, -0.2) is 0 Å². The zero-order valence-electron chi connectivity index (χ0n) is 9.74. The molecular weight excluding hydrogens is 182 g/mol. The first kappa shape index (κ1) is 10.7. The third kappa shape index (κ3) is 2.82. The molecule has 1 heteroatoms. The molecule has 82 valence electrons. The topological polar surface area (TPSA) is 26.0 Å². The highest BCUT2D eigenvalue weighted by molar-refractivity contribution is 5.26. The molecule has 15 heavy (non-hydrogen) atoms. The Morgan fingerprint density at radius 3 is 2.13 bits per heavy atom. The van der Waals surface area contributed by atoms with Gasteiger partial charge < -0.3 is 5.73 Å². The van der Waals surface area contributed by atoms with Crippen LogP contribution >= 0.6 is 0 Å². The fraction of sp³-hybridized carbons (Fsp3) is 0.571. The molecule has 1 nitrogen and oxygen atoms in total. The van der Waals surface area contributed by atoms with Crippen molar-refractivity contribution in [2.45, 2.75) is 45.1 Å². The van der Waals surface area contributed by atoms with Crippen molar-refractivity contribution in [2.24, 2.45) is 11.7 Å². The van der Waals surface area contributed by atoms with Gasteiger partial charge in [-0.2, -0.15) is 0 Å². The minimum absolute atomic E-state index is 0.249. The van der Waals surface area contributed by atoms with E-state index in [1.54, 1.807) is 0 Å². The number of hydrogen-bond donors (Lipinski definition) is 1. The summed E-state index contributed by atoms with van der Waals surface area (Å²) in [6, 6.07) is 9.07. The zero-order valence-corrected chi connectivity index (χ0v) is 9.74. The van der Waals surface area contributed by atoms with E-state index in [-0.39, 0.29) is 6.04 Å². The number of benzene rings is 1. The second-order valence-electron chi connectivity index (χ2n) is 5.11. The van der Waals surface area contributed by atoms with Crippen LogP contribution in [0.2, 0.25) is 0 Å². The summed E-state index contributed by atoms with van der Waals surface area (Å²) in [6.07, 6.45) is 3.94. The average Bonchev–Trinajstić information content (AvgIpc) is 3.02. The third-order valence-electron chi connectivity index (χ3n) is 3.32. The quantitative estimate of drug-likeness (QED) is 0.794. The van der Waals surface area contributed by atoms with Crippen LogP contribution < -0.4 is 5.73 Å². The number of hydrogen-bond acceptors (Lipinski definition) is 1. The molecule has 0 aromatic heterocycles. The van der Waals surface area contributed by atoms with E-state index in [0.29, 0.717) is 5.92 Å². The molecule has 2 rings (SSSR count). The summed E-state index contributed by atoms with van der Waals surface area (Å²) in [5.74, 6) is 1.52. The Balaban J connectivity index is 2.01. The molecule has 0 aliphatic heterocycles. The lowest BCUT2D eigenvalue weighted by molar-refractivity contribution is 0.596. The number of nitrogens with two attached hydrogens (primary N) is 1. The zero-order chi connectivity index (χ0) is 10.8. The summed E-state index contributed by atoms with van der Waals surface area (Å²) in [5, 5.41) is 0. The summed E-state index contributed by atoms with van der Waals surface area (Å²) in [6.45, 7) is 4.44. The maximum Gasteiger partial charge on any atom is 0.0297 e. The SMILES string of the molecule is CC(C)c1ccc(C(N)CC2CC2)cc1. The van der Waals surface area contributed by atoms with E-state index in [1.165, 1.54) is 30.4 Å². The van der Waals surface area contributed by atoms with E-state index in [4.69, 9.17) is 5.73 Å². The van der Waals surface area contributed by atoms with E-state index in [0.717, 1.165) is 5.92 Å². The van der Waals surface area contributed by atoms with E-state index < -0.39 is 0 Å². The molecule has 0 spiro atoms. The van der Waals surface area contributed by atoms with Crippen molar-refractivity contribution >= 4 is 0 Å². The van der Waals surface area contributed by atoms with E-state index in [1.807, 2.05) is 0 Å². The van der Waals surface area contributed by atoms with E-state index in [9.17, 15) is 0 Å². The van der Waals surface area contributed by atoms with Crippen molar-refractivity contribution in [1.82, 2.24) is 0 Å². The predicted octanol–water partition coefficient (Wildman–Crippen LogP) is 3.61. The Morgan fingerprint density at radius 1 is 1.13 bits per heavy atom. The highest BCUT2D eigenvalue weighted by atomic mass is 14.6. The smallest absolute Gasteiger partial charge is 0.0297 e. The van der Waals surface area contributed by atoms with Crippen LogP contribution in [0, 0.1) is 5.92 Å². The van der Waals surface area contributed by atoms with Gasteiger partial charge in [-0.25, -0.2) is 0 Å². The van der Waals surface area contributed by atoms with E-state index in [2.05, 4.69) is 38.1 Å². The largest absolute Gasteiger partial charge is 0.324 e. The minimum Gasteiger partial charge on any atom is -0.324 e. The highest BCUT2D eigenvalue weighted by Gasteiger charge is 2.24. The molecule has 0 bridgehead atoms. The molecule has 1 unspecified atom stereocenters. The summed E-state index contributed by atoms with van der Waals surface area (Å²) >= 11 is 0. The first-order chi connectivity index (χ1) is 7.16. The Bertz CT molecular complexity index is 309. The standard InChI is InChI=1S/C14H21N/c1-10(2)12-5-7-13(8-6-12)14(15)9-11-3-4-11/h5-8,10-11,14H,3-4,9,15H2,1-2H3. The fourth-order valence-electron chi connectivity index (χ4n) is 1.98. The molecule has 1 aromatic rings. The lowest BCUT2D eigenvalue weighted by Gasteiger charge is -2.13. The summed E-state index contributed by atoms with van der Waals surface area (Å²) < 4.78 is 0. The Morgan fingerprint density at radius 2 is 1.67 bits per heavy atom. The molecule has 1 atom stereocenters. The monoisotopic (exact) mass is 203 g/mol. The minimum atomic E-state index is 0.249. The maximum atomic E-state index is 6.16. The molecule has 1 aliphatic carbocycles. The van der Waals surface area contributed by atoms with Crippen LogP contribution in [-0.2, 0) is 0 Å². The van der Waals surface area contributed by atoms with Crippen molar-refractivity contribution in [1.29, 1.82) is 0 Å². The van der Waals surface area contributed by atoms with Crippen molar-refractivity contribution in [3.63, 3.8) is 0 Å². The molecule has 0 radical (unpaired) electrons. The van der Waals surface area contributed by atoms with Gasteiger partial charge in [0.05, 0.1) is 0 Å². The number of rotatable bonds is 4. The summed E-state index contributed by atoms with van der Waals surface area (Å²) in [4.78, 5) is 0. The van der Waals surface area contributed by atoms with Crippen molar-refractivity contribution in [3.8, 4) is 0 Å². The second kappa shape index (κ2) is 4.36. The van der Waals surface area contributed by atoms with E-state index >= 15 is 0 Å². The molecule has 0 heterocycles. The van der Waals surface area contributed by atoms with Crippen molar-refractivity contribution < 1.29 is 0 Å². The first-order valence-corrected chi connectivity index (χ1v) is 6.02. The Kier molecular flexibility index (Phi) is 3.11. The van der Waals surface area contributed by atoms with Gasteiger partial charge in [-0.15, -0.1) is 0 Å². The van der Waals surface area contributed by atoms with Crippen LogP contribution in [0.3, 0.4) is 0 Å². The van der Waals surface area contributed by atoms with Crippen LogP contribution in [0.4, 0.5) is 0 Å². The first-order valence-electron chi connectivity index (χ1n) is 6.02. The highest BCUT2D eigenvalue weighted by Crippen LogP contribution is 2.36. The summed E-state index contributed by atoms with van der Waals surface area (Å²) in [7, 11) is 0. The lowest BCUT2D eigenvalue weighted by atomic mass is 9.97. The molecule has 2 N–H and O–H groups in total. The van der Waals surface area contributed by atoms with Gasteiger partial charge in [0.25, 0.3) is 0 Å². The van der Waals surface area contributed by atoms with Gasteiger partial charge in [-0.05, 0) is 29.4 Å². The average molecular weight is 203 g/mol. The normalized spacial score (nSPS) is 18.1. The van der Waals surface area contributed by atoms with Gasteiger partial charge in [0.1, 0.15) is 0 Å². The molecule has 0 saturated heterocycles. The van der Waals surface area contributed by atoms with Gasteiger partial charge in [0, 0.05) is 6.04 Å². The summed E-state index contributed by atoms with van der Waals surface area (Å²) in [5.41, 5.74) is 8.86. The van der Waals surface area contributed by atoms with Crippen LogP contribution in [0.15, 0.2) is 24.3 Å². The van der Waals surface area contributed by atoms with Gasteiger partial charge in [-0.3, -0.25) is 0 Å². The van der Waals surface area contributed by atoms with Crippen LogP contribution in [0.25, 0.3) is 0 Å². The van der Waals surface area contributed by atoms with Gasteiger partial charge in [0.15, 0.2) is 0 Å². The van der Waals surface area contributed by atoms with Crippen LogP contribution in [0.1, 0.15) is 56.2 Å². The third-order valence-corrected chi connectivity index (χ3v) is 3.32. The molecule has 0 amide bonds. The van der Waals surface area contributed by atoms with Gasteiger partial charge in [0.2, 0.25) is 0 Å². The second-order valence-corrected chi connectivity index (χ2v) is 5.11. The lowest BCUT2D eigenvalue weighted by Crippen LogP contribution is -2.10. The predicted molar refractivity (Wildman–Crippen MR) is 64.8 cm³/mol. The van der Waals surface area contributed by atoms with Crippen molar-refractivity contribution in [2.75, 3.05) is 0 Å². The molecule has 1 saturated carbocycles. The fourth-order valence-corrected chi connectivity index (χ4v) is 1.98. The van der Waals surface area contributed by atoms with Crippen LogP contribution in [0.5, 0.6) is 0 Å². The molecule has 1 aromatic carbocycles. The molecule has 1 aliphatic rings. The Hall–Kier alpha value is -0.820. The van der Waals surface area contributed by atoms with Gasteiger partial charge in [-0.1, -0.05) is 51.0 Å². The molecular formula is C14H21N. The Labute approximate surface area is 92.7 Å².